The van der Waals surface area contributed by atoms with Crippen LogP contribution in [0.5, 0.6) is 5.75 Å². The molecule has 1 fully saturated rings. The lowest BCUT2D eigenvalue weighted by atomic mass is 9.99. The van der Waals surface area contributed by atoms with Crippen molar-refractivity contribution in [1.29, 1.82) is 0 Å². The highest BCUT2D eigenvalue weighted by Crippen LogP contribution is 2.36. The third kappa shape index (κ3) is 5.51. The minimum Gasteiger partial charge on any atom is -0.488 e. The number of ketones is 1. The first-order chi connectivity index (χ1) is 17.0. The van der Waals surface area contributed by atoms with E-state index in [2.05, 4.69) is 32.2 Å². The van der Waals surface area contributed by atoms with Gasteiger partial charge in [-0.3, -0.25) is 14.8 Å². The van der Waals surface area contributed by atoms with E-state index < -0.39 is 5.82 Å². The summed E-state index contributed by atoms with van der Waals surface area (Å²) in [6.07, 6.45) is 1.83. The van der Waals surface area contributed by atoms with Crippen molar-refractivity contribution in [1.82, 2.24) is 14.9 Å². The molecule has 1 unspecified atom stereocenters. The number of halogens is 2. The van der Waals surface area contributed by atoms with Crippen LogP contribution in [-0.2, 0) is 4.74 Å². The Kier molecular flexibility index (Phi) is 7.05. The Balaban J connectivity index is 1.32. The molecule has 3 aromatic rings. The lowest BCUT2D eigenvalue weighted by Gasteiger charge is -2.29. The number of fused-ring (bicyclic) bond motifs is 1. The van der Waals surface area contributed by atoms with Gasteiger partial charge in [0, 0.05) is 42.8 Å². The number of likely N-dealkylation sites (N-methyl/N-ethyl adjacent to an activating group) is 1. The summed E-state index contributed by atoms with van der Waals surface area (Å²) in [7, 11) is 2.08. The number of aromatic nitrogens is 2. The molecule has 182 valence electrons. The molecule has 2 aliphatic heterocycles. The maximum absolute atomic E-state index is 13.4. The Morgan fingerprint density at radius 2 is 2.26 bits per heavy atom. The van der Waals surface area contributed by atoms with Crippen LogP contribution < -0.4 is 10.1 Å². The SMILES string of the molecule is CN1CCOC(CNc2nc(-c3nccc4c3N=C(COc3ccc(F)c(Cl)c3)CC4=O)cs2)C1. The zero-order chi connectivity index (χ0) is 24.4. The Morgan fingerprint density at radius 1 is 1.37 bits per heavy atom. The van der Waals surface area contributed by atoms with Crippen LogP contribution in [0.15, 0.2) is 40.8 Å². The van der Waals surface area contributed by atoms with Crippen LogP contribution in [0.4, 0.5) is 15.2 Å². The van der Waals surface area contributed by atoms with E-state index in [0.29, 0.717) is 40.6 Å². The number of hydrogen-bond donors (Lipinski definition) is 1. The summed E-state index contributed by atoms with van der Waals surface area (Å²) in [6.45, 7) is 3.25. The molecule has 0 aliphatic carbocycles. The van der Waals surface area contributed by atoms with Crippen molar-refractivity contribution in [2.45, 2.75) is 12.5 Å². The van der Waals surface area contributed by atoms with Crippen LogP contribution in [0.25, 0.3) is 11.4 Å². The third-order valence-corrected chi connectivity index (χ3v) is 6.81. The van der Waals surface area contributed by atoms with Gasteiger partial charge in [-0.2, -0.15) is 0 Å². The van der Waals surface area contributed by atoms with Crippen LogP contribution >= 0.6 is 22.9 Å². The molecule has 5 rings (SSSR count). The van der Waals surface area contributed by atoms with Gasteiger partial charge >= 0.3 is 0 Å². The van der Waals surface area contributed by atoms with Crippen LogP contribution in [0, 0.1) is 5.82 Å². The zero-order valence-corrected chi connectivity index (χ0v) is 20.5. The molecule has 1 aromatic carbocycles. The van der Waals surface area contributed by atoms with E-state index in [1.165, 1.54) is 29.5 Å². The van der Waals surface area contributed by atoms with E-state index in [-0.39, 0.29) is 29.9 Å². The summed E-state index contributed by atoms with van der Waals surface area (Å²) in [4.78, 5) is 28.9. The average molecular weight is 516 g/mol. The zero-order valence-electron chi connectivity index (χ0n) is 19.0. The van der Waals surface area contributed by atoms with E-state index in [9.17, 15) is 9.18 Å². The third-order valence-electron chi connectivity index (χ3n) is 5.73. The van der Waals surface area contributed by atoms with Crippen LogP contribution in [0.2, 0.25) is 5.02 Å². The van der Waals surface area contributed by atoms with E-state index in [0.717, 1.165) is 24.8 Å². The lowest BCUT2D eigenvalue weighted by molar-refractivity contribution is -0.0117. The predicted molar refractivity (Wildman–Crippen MR) is 134 cm³/mol. The van der Waals surface area contributed by atoms with Gasteiger partial charge < -0.3 is 19.7 Å². The number of benzene rings is 1. The molecule has 1 saturated heterocycles. The second kappa shape index (κ2) is 10.4. The fourth-order valence-corrected chi connectivity index (χ4v) is 4.81. The number of thiazole rings is 1. The number of morpholine rings is 1. The fraction of sp³-hybridized carbons (Fsp3) is 0.333. The first kappa shape index (κ1) is 23.8. The van der Waals surface area contributed by atoms with Gasteiger partial charge in [0.2, 0.25) is 0 Å². The lowest BCUT2D eigenvalue weighted by Crippen LogP contribution is -2.43. The molecule has 1 N–H and O–H groups in total. The Labute approximate surface area is 210 Å². The molecule has 1 atom stereocenters. The van der Waals surface area contributed by atoms with Crippen molar-refractivity contribution in [3.63, 3.8) is 0 Å². The molecule has 0 spiro atoms. The molecule has 0 saturated carbocycles. The van der Waals surface area contributed by atoms with Gasteiger partial charge in [-0.15, -0.1) is 11.3 Å². The Hall–Kier alpha value is -2.92. The number of carbonyl (C=O) groups is 1. The molecule has 8 nitrogen and oxygen atoms in total. The summed E-state index contributed by atoms with van der Waals surface area (Å²) >= 11 is 7.28. The molecular formula is C24H23ClFN5O3S. The number of aliphatic imine (C=N–C) groups is 1. The summed E-state index contributed by atoms with van der Waals surface area (Å²) in [5.41, 5.74) is 2.71. The molecule has 2 aliphatic rings. The van der Waals surface area contributed by atoms with Gasteiger partial charge in [-0.05, 0) is 25.2 Å². The molecule has 11 heteroatoms. The van der Waals surface area contributed by atoms with Gasteiger partial charge in [0.15, 0.2) is 10.9 Å². The number of nitrogens with zero attached hydrogens (tertiary/aromatic N) is 4. The quantitative estimate of drug-likeness (QED) is 0.496. The molecule has 4 heterocycles. The number of nitrogens with one attached hydrogen (secondary N) is 1. The molecular weight excluding hydrogens is 493 g/mol. The number of ether oxygens (including phenoxy) is 2. The predicted octanol–water partition coefficient (Wildman–Crippen LogP) is 4.48. The smallest absolute Gasteiger partial charge is 0.183 e. The average Bonchev–Trinajstić information content (AvgIpc) is 3.32. The van der Waals surface area contributed by atoms with Gasteiger partial charge in [0.1, 0.15) is 35.2 Å². The highest BCUT2D eigenvalue weighted by molar-refractivity contribution is 7.14. The number of pyridine rings is 1. The highest BCUT2D eigenvalue weighted by atomic mass is 35.5. The number of carbonyl (C=O) groups excluding carboxylic acids is 1. The topological polar surface area (TPSA) is 88.9 Å². The van der Waals surface area contributed by atoms with E-state index >= 15 is 0 Å². The van der Waals surface area contributed by atoms with Crippen LogP contribution in [0.3, 0.4) is 0 Å². The first-order valence-corrected chi connectivity index (χ1v) is 12.4. The molecule has 0 amide bonds. The fourth-order valence-electron chi connectivity index (χ4n) is 3.93. The van der Waals surface area contributed by atoms with E-state index in [1.807, 2.05) is 5.38 Å². The van der Waals surface area contributed by atoms with Crippen LogP contribution in [-0.4, -0.2) is 72.4 Å². The molecule has 2 aromatic heterocycles. The van der Waals surface area contributed by atoms with Gasteiger partial charge in [-0.1, -0.05) is 11.6 Å². The van der Waals surface area contributed by atoms with Crippen molar-refractivity contribution in [3.8, 4) is 17.1 Å². The largest absolute Gasteiger partial charge is 0.488 e. The van der Waals surface area contributed by atoms with E-state index in [1.54, 1.807) is 12.3 Å². The first-order valence-electron chi connectivity index (χ1n) is 11.1. The number of hydrogen-bond acceptors (Lipinski definition) is 9. The molecule has 35 heavy (non-hydrogen) atoms. The number of Topliss-reactive ketones (excluding diaryl/α,β-unsaturated/α-hetero) is 1. The highest BCUT2D eigenvalue weighted by Gasteiger charge is 2.25. The summed E-state index contributed by atoms with van der Waals surface area (Å²) in [5, 5.41) is 5.95. The van der Waals surface area contributed by atoms with Crippen molar-refractivity contribution < 1.29 is 18.7 Å². The molecule has 0 radical (unpaired) electrons. The molecule has 0 bridgehead atoms. The maximum Gasteiger partial charge on any atom is 0.183 e. The van der Waals surface area contributed by atoms with Gasteiger partial charge in [0.25, 0.3) is 0 Å². The maximum atomic E-state index is 13.4. The van der Waals surface area contributed by atoms with Gasteiger partial charge in [-0.25, -0.2) is 9.37 Å². The van der Waals surface area contributed by atoms with Crippen molar-refractivity contribution in [2.75, 3.05) is 45.2 Å². The van der Waals surface area contributed by atoms with Crippen LogP contribution in [0.1, 0.15) is 16.8 Å². The number of anilines is 1. The minimum atomic E-state index is -0.524. The Morgan fingerprint density at radius 3 is 3.09 bits per heavy atom. The summed E-state index contributed by atoms with van der Waals surface area (Å²) in [6, 6.07) is 5.77. The normalized spacial score (nSPS) is 18.2. The van der Waals surface area contributed by atoms with Gasteiger partial charge in [0.05, 0.1) is 29.9 Å². The minimum absolute atomic E-state index is 0.0315. The van der Waals surface area contributed by atoms with Crippen molar-refractivity contribution >= 4 is 45.3 Å². The van der Waals surface area contributed by atoms with Crippen molar-refractivity contribution in [3.05, 3.63) is 52.2 Å². The standard InChI is InChI=1S/C24H23ClFN5O3S/c1-31-6-7-33-16(11-31)10-28-24-30-20(13-35-24)23-22-17(4-5-27-23)21(32)8-14(29-22)12-34-15-2-3-19(26)18(25)9-15/h2-5,9,13,16H,6-8,10-12H2,1H3,(H,28,30). The van der Waals surface area contributed by atoms with Crippen molar-refractivity contribution in [2.24, 2.45) is 4.99 Å². The second-order valence-electron chi connectivity index (χ2n) is 8.37. The second-order valence-corrected chi connectivity index (χ2v) is 9.64. The number of rotatable bonds is 7. The summed E-state index contributed by atoms with van der Waals surface area (Å²) in [5.74, 6) is -0.196. The van der Waals surface area contributed by atoms with E-state index in [4.69, 9.17) is 21.1 Å². The monoisotopic (exact) mass is 515 g/mol. The Bertz CT molecular complexity index is 1280. The summed E-state index contributed by atoms with van der Waals surface area (Å²) < 4.78 is 24.9.